The summed E-state index contributed by atoms with van der Waals surface area (Å²) >= 11 is 0. The summed E-state index contributed by atoms with van der Waals surface area (Å²) in [4.78, 5) is 13.8. The van der Waals surface area contributed by atoms with Crippen LogP contribution in [0.5, 0.6) is 0 Å². The van der Waals surface area contributed by atoms with Crippen LogP contribution in [0.4, 0.5) is 4.79 Å². The Morgan fingerprint density at radius 2 is 2.00 bits per heavy atom. The molecule has 1 aliphatic heterocycles. The molecule has 1 heterocycles. The molecule has 104 valence electrons. The molecule has 0 aromatic heterocycles. The summed E-state index contributed by atoms with van der Waals surface area (Å²) in [7, 11) is 2.11. The molecule has 0 atom stereocenters. The first kappa shape index (κ1) is 13.8. The summed E-state index contributed by atoms with van der Waals surface area (Å²) in [6, 6.07) is 9.97. The van der Waals surface area contributed by atoms with Crippen LogP contribution in [0.2, 0.25) is 0 Å². The van der Waals surface area contributed by atoms with Crippen LogP contribution in [-0.2, 0) is 11.3 Å². The Morgan fingerprint density at radius 3 is 2.68 bits per heavy atom. The maximum Gasteiger partial charge on any atom is 0.421 e. The van der Waals surface area contributed by atoms with E-state index in [0.29, 0.717) is 12.6 Å². The average molecular weight is 263 g/mol. The average Bonchev–Trinajstić information content (AvgIpc) is 2.45. The Balaban J connectivity index is 1.62. The molecule has 1 saturated heterocycles. The van der Waals surface area contributed by atoms with E-state index in [-0.39, 0.29) is 0 Å². The highest BCUT2D eigenvalue weighted by atomic mass is 16.6. The minimum atomic E-state index is -0.428. The van der Waals surface area contributed by atoms with Gasteiger partial charge in [0.1, 0.15) is 6.61 Å². The van der Waals surface area contributed by atoms with Crippen molar-refractivity contribution >= 4 is 6.09 Å². The van der Waals surface area contributed by atoms with E-state index in [1.165, 1.54) is 0 Å². The van der Waals surface area contributed by atoms with Crippen molar-refractivity contribution in [3.63, 3.8) is 0 Å². The molecule has 0 bridgehead atoms. The molecule has 0 saturated carbocycles. The highest BCUT2D eigenvalue weighted by molar-refractivity contribution is 5.66. The first-order chi connectivity index (χ1) is 9.24. The molecule has 19 heavy (non-hydrogen) atoms. The number of hydrogen-bond acceptors (Lipinski definition) is 4. The highest BCUT2D eigenvalue weighted by Gasteiger charge is 2.16. The molecule has 1 aromatic rings. The zero-order valence-corrected chi connectivity index (χ0v) is 11.3. The van der Waals surface area contributed by atoms with Gasteiger partial charge in [-0.05, 0) is 38.5 Å². The van der Waals surface area contributed by atoms with Gasteiger partial charge in [-0.25, -0.2) is 10.2 Å². The topological polar surface area (TPSA) is 53.6 Å². The summed E-state index contributed by atoms with van der Waals surface area (Å²) in [5.41, 5.74) is 6.62. The fourth-order valence-electron chi connectivity index (χ4n) is 2.07. The first-order valence-corrected chi connectivity index (χ1v) is 6.65. The Bertz CT molecular complexity index is 389. The molecule has 0 radical (unpaired) electrons. The van der Waals surface area contributed by atoms with E-state index in [9.17, 15) is 4.79 Å². The number of carbonyl (C=O) groups excluding carboxylic acids is 1. The number of ether oxygens (including phenoxy) is 1. The van der Waals surface area contributed by atoms with Crippen molar-refractivity contribution in [2.45, 2.75) is 25.5 Å². The summed E-state index contributed by atoms with van der Waals surface area (Å²) in [5, 5.41) is 0. The molecule has 2 rings (SSSR count). The van der Waals surface area contributed by atoms with E-state index in [4.69, 9.17) is 4.74 Å². The van der Waals surface area contributed by atoms with E-state index in [1.54, 1.807) is 0 Å². The van der Waals surface area contributed by atoms with E-state index >= 15 is 0 Å². The molecule has 0 unspecified atom stereocenters. The Kier molecular flexibility index (Phi) is 5.18. The van der Waals surface area contributed by atoms with Gasteiger partial charge in [-0.1, -0.05) is 30.3 Å². The van der Waals surface area contributed by atoms with E-state index < -0.39 is 6.09 Å². The molecule has 1 fully saturated rings. The monoisotopic (exact) mass is 263 g/mol. The largest absolute Gasteiger partial charge is 0.444 e. The lowest BCUT2D eigenvalue weighted by Gasteiger charge is -2.29. The number of carbonyl (C=O) groups is 1. The second-order valence-corrected chi connectivity index (χ2v) is 4.91. The summed E-state index contributed by atoms with van der Waals surface area (Å²) in [5.74, 6) is 0. The fourth-order valence-corrected chi connectivity index (χ4v) is 2.07. The second kappa shape index (κ2) is 7.11. The molecule has 5 heteroatoms. The number of likely N-dealkylation sites (tertiary alicyclic amines) is 1. The van der Waals surface area contributed by atoms with Crippen molar-refractivity contribution in [2.24, 2.45) is 0 Å². The standard InChI is InChI=1S/C14H21N3O2/c1-17-9-7-13(8-10-17)15-16-14(18)19-11-12-5-3-2-4-6-12/h2-6,13,15H,7-11H2,1H3,(H,16,18). The zero-order chi connectivity index (χ0) is 13.5. The number of hydrogen-bond donors (Lipinski definition) is 2. The van der Waals surface area contributed by atoms with E-state index in [2.05, 4.69) is 22.8 Å². The normalized spacial score (nSPS) is 17.1. The fraction of sp³-hybridized carbons (Fsp3) is 0.500. The van der Waals surface area contributed by atoms with Gasteiger partial charge in [0.05, 0.1) is 0 Å². The number of nitrogens with zero attached hydrogens (tertiary/aromatic N) is 1. The molecule has 0 aliphatic carbocycles. The van der Waals surface area contributed by atoms with Crippen LogP contribution >= 0.6 is 0 Å². The van der Waals surface area contributed by atoms with Gasteiger partial charge < -0.3 is 9.64 Å². The molecule has 0 spiro atoms. The number of rotatable bonds is 4. The van der Waals surface area contributed by atoms with Crippen molar-refractivity contribution in [2.75, 3.05) is 20.1 Å². The van der Waals surface area contributed by atoms with Gasteiger partial charge in [-0.2, -0.15) is 0 Å². The van der Waals surface area contributed by atoms with Gasteiger partial charge in [0.2, 0.25) is 0 Å². The van der Waals surface area contributed by atoms with Gasteiger partial charge in [-0.3, -0.25) is 5.43 Å². The number of amides is 1. The van der Waals surface area contributed by atoms with Crippen LogP contribution in [0.15, 0.2) is 30.3 Å². The van der Waals surface area contributed by atoms with Crippen molar-refractivity contribution in [3.05, 3.63) is 35.9 Å². The first-order valence-electron chi connectivity index (χ1n) is 6.65. The lowest BCUT2D eigenvalue weighted by atomic mass is 10.1. The van der Waals surface area contributed by atoms with Crippen LogP contribution in [0.1, 0.15) is 18.4 Å². The van der Waals surface area contributed by atoms with E-state index in [1.807, 2.05) is 30.3 Å². The number of nitrogens with one attached hydrogen (secondary N) is 2. The maximum absolute atomic E-state index is 11.5. The molecule has 1 aliphatic rings. The second-order valence-electron chi connectivity index (χ2n) is 4.91. The summed E-state index contributed by atoms with van der Waals surface area (Å²) < 4.78 is 5.12. The van der Waals surface area contributed by atoms with Crippen molar-refractivity contribution in [1.29, 1.82) is 0 Å². The van der Waals surface area contributed by atoms with Gasteiger partial charge in [0.25, 0.3) is 0 Å². The predicted octanol–water partition coefficient (Wildman–Crippen LogP) is 1.51. The van der Waals surface area contributed by atoms with Crippen molar-refractivity contribution < 1.29 is 9.53 Å². The van der Waals surface area contributed by atoms with Crippen LogP contribution in [0.3, 0.4) is 0 Å². The third-order valence-corrected chi connectivity index (χ3v) is 3.31. The van der Waals surface area contributed by atoms with Gasteiger partial charge in [-0.15, -0.1) is 0 Å². The molecular formula is C14H21N3O2. The third-order valence-electron chi connectivity index (χ3n) is 3.31. The third kappa shape index (κ3) is 4.89. The van der Waals surface area contributed by atoms with Crippen LogP contribution < -0.4 is 10.9 Å². The number of piperidine rings is 1. The quantitative estimate of drug-likeness (QED) is 0.809. The zero-order valence-electron chi connectivity index (χ0n) is 11.3. The van der Waals surface area contributed by atoms with Gasteiger partial charge in [0, 0.05) is 6.04 Å². The Morgan fingerprint density at radius 1 is 1.32 bits per heavy atom. The lowest BCUT2D eigenvalue weighted by molar-refractivity contribution is 0.129. The summed E-state index contributed by atoms with van der Waals surface area (Å²) in [6.45, 7) is 2.40. The molecule has 5 nitrogen and oxygen atoms in total. The minimum Gasteiger partial charge on any atom is -0.444 e. The Labute approximate surface area is 113 Å². The highest BCUT2D eigenvalue weighted by Crippen LogP contribution is 2.07. The van der Waals surface area contributed by atoms with Crippen LogP contribution in [0.25, 0.3) is 0 Å². The van der Waals surface area contributed by atoms with Gasteiger partial charge >= 0.3 is 6.09 Å². The summed E-state index contributed by atoms with van der Waals surface area (Å²) in [6.07, 6.45) is 1.65. The number of benzene rings is 1. The van der Waals surface area contributed by atoms with Crippen LogP contribution in [0, 0.1) is 0 Å². The molecule has 1 amide bonds. The maximum atomic E-state index is 11.5. The molecular weight excluding hydrogens is 242 g/mol. The Hall–Kier alpha value is -1.59. The van der Waals surface area contributed by atoms with Crippen LogP contribution in [-0.4, -0.2) is 37.2 Å². The SMILES string of the molecule is CN1CCC(NNC(=O)OCc2ccccc2)CC1. The molecule has 1 aromatic carbocycles. The lowest BCUT2D eigenvalue weighted by Crippen LogP contribution is -2.49. The van der Waals surface area contributed by atoms with Gasteiger partial charge in [0.15, 0.2) is 0 Å². The van der Waals surface area contributed by atoms with Crippen molar-refractivity contribution in [3.8, 4) is 0 Å². The van der Waals surface area contributed by atoms with Crippen molar-refractivity contribution in [1.82, 2.24) is 15.8 Å². The number of hydrazine groups is 1. The van der Waals surface area contributed by atoms with E-state index in [0.717, 1.165) is 31.5 Å². The minimum absolute atomic E-state index is 0.293. The molecule has 2 N–H and O–H groups in total. The predicted molar refractivity (Wildman–Crippen MR) is 73.4 cm³/mol. The smallest absolute Gasteiger partial charge is 0.421 e.